The number of ether oxygens (including phenoxy) is 2. The molecule has 1 unspecified atom stereocenters. The Bertz CT molecular complexity index is 684. The molecule has 1 aromatic carbocycles. The standard InChI is InChI=1S/C20H32F3N5O2.HI/c1-24-19(25-6-8-27(2)14-20(21,22)23)26-16-5-7-28(13-16)12-15-9-17(29-3)11-18(10-15)30-4;/h9-11,16H,5-8,12-14H2,1-4H3,(H2,24,25,26);1H. The van der Waals surface area contributed by atoms with Crippen molar-refractivity contribution in [3.8, 4) is 11.5 Å². The molecule has 1 fully saturated rings. The van der Waals surface area contributed by atoms with Crippen molar-refractivity contribution in [3.05, 3.63) is 23.8 Å². The first-order valence-electron chi connectivity index (χ1n) is 9.89. The Kier molecular flexibility index (Phi) is 11.7. The van der Waals surface area contributed by atoms with Gasteiger partial charge in [-0.2, -0.15) is 13.2 Å². The first kappa shape index (κ1) is 27.6. The smallest absolute Gasteiger partial charge is 0.401 e. The summed E-state index contributed by atoms with van der Waals surface area (Å²) in [5.74, 6) is 2.13. The molecule has 178 valence electrons. The molecule has 1 heterocycles. The molecule has 11 heteroatoms. The van der Waals surface area contributed by atoms with Crippen LogP contribution in [0.5, 0.6) is 11.5 Å². The summed E-state index contributed by atoms with van der Waals surface area (Å²) in [7, 11) is 6.37. The molecule has 2 N–H and O–H groups in total. The number of hydrogen-bond donors (Lipinski definition) is 2. The number of benzene rings is 1. The number of nitrogens with one attached hydrogen (secondary N) is 2. The summed E-state index contributed by atoms with van der Waals surface area (Å²) in [6, 6.07) is 6.07. The average Bonchev–Trinajstić information content (AvgIpc) is 3.12. The summed E-state index contributed by atoms with van der Waals surface area (Å²) in [5, 5.41) is 6.44. The molecule has 0 saturated carbocycles. The lowest BCUT2D eigenvalue weighted by Crippen LogP contribution is -2.46. The SMILES string of the molecule is CN=C(NCCN(C)CC(F)(F)F)NC1CCN(Cc2cc(OC)cc(OC)c2)C1.I. The van der Waals surface area contributed by atoms with Crippen molar-refractivity contribution < 1.29 is 22.6 Å². The van der Waals surface area contributed by atoms with Crippen LogP contribution in [0.2, 0.25) is 0 Å². The predicted octanol–water partition coefficient (Wildman–Crippen LogP) is 2.56. The quantitative estimate of drug-likeness (QED) is 0.276. The molecule has 0 amide bonds. The van der Waals surface area contributed by atoms with Gasteiger partial charge < -0.3 is 20.1 Å². The van der Waals surface area contributed by atoms with Gasteiger partial charge in [-0.3, -0.25) is 14.8 Å². The molecular weight excluding hydrogens is 526 g/mol. The number of halogens is 4. The Labute approximate surface area is 199 Å². The van der Waals surface area contributed by atoms with Gasteiger partial charge in [0.05, 0.1) is 20.8 Å². The zero-order valence-electron chi connectivity index (χ0n) is 18.5. The van der Waals surface area contributed by atoms with E-state index >= 15 is 0 Å². The van der Waals surface area contributed by atoms with E-state index < -0.39 is 12.7 Å². The summed E-state index contributed by atoms with van der Waals surface area (Å²) >= 11 is 0. The summed E-state index contributed by atoms with van der Waals surface area (Å²) in [6.45, 7) is 2.28. The van der Waals surface area contributed by atoms with E-state index in [1.807, 2.05) is 18.2 Å². The molecule has 2 rings (SSSR count). The second kappa shape index (κ2) is 13.2. The van der Waals surface area contributed by atoms with Crippen LogP contribution in [0.1, 0.15) is 12.0 Å². The number of aliphatic imine (C=N–C) groups is 1. The van der Waals surface area contributed by atoms with Crippen LogP contribution in [0.15, 0.2) is 23.2 Å². The number of nitrogens with zero attached hydrogens (tertiary/aromatic N) is 3. The van der Waals surface area contributed by atoms with Crippen LogP contribution >= 0.6 is 24.0 Å². The minimum absolute atomic E-state index is 0. The van der Waals surface area contributed by atoms with Crippen molar-refractivity contribution in [3.63, 3.8) is 0 Å². The Hall–Kier alpha value is -1.47. The van der Waals surface area contributed by atoms with Gasteiger partial charge in [-0.15, -0.1) is 24.0 Å². The summed E-state index contributed by atoms with van der Waals surface area (Å²) in [5.41, 5.74) is 1.11. The predicted molar refractivity (Wildman–Crippen MR) is 127 cm³/mol. The fourth-order valence-corrected chi connectivity index (χ4v) is 3.45. The van der Waals surface area contributed by atoms with Gasteiger partial charge >= 0.3 is 6.18 Å². The van der Waals surface area contributed by atoms with Gasteiger partial charge in [-0.05, 0) is 31.2 Å². The maximum Gasteiger partial charge on any atom is 0.401 e. The normalized spacial score (nSPS) is 17.4. The van der Waals surface area contributed by atoms with E-state index in [-0.39, 0.29) is 36.6 Å². The summed E-state index contributed by atoms with van der Waals surface area (Å²) < 4.78 is 47.8. The molecule has 1 atom stereocenters. The lowest BCUT2D eigenvalue weighted by molar-refractivity contribution is -0.142. The maximum absolute atomic E-state index is 12.4. The van der Waals surface area contributed by atoms with Gasteiger partial charge in [0.1, 0.15) is 11.5 Å². The number of likely N-dealkylation sites (N-methyl/N-ethyl adjacent to an activating group) is 1. The van der Waals surface area contributed by atoms with Crippen LogP contribution in [0, 0.1) is 0 Å². The van der Waals surface area contributed by atoms with Gasteiger partial charge in [-0.1, -0.05) is 0 Å². The number of hydrogen-bond acceptors (Lipinski definition) is 5. The highest BCUT2D eigenvalue weighted by Crippen LogP contribution is 2.24. The Balaban J connectivity index is 0.00000480. The van der Waals surface area contributed by atoms with E-state index in [0.29, 0.717) is 12.5 Å². The number of methoxy groups -OCH3 is 2. The molecule has 1 aliphatic heterocycles. The van der Waals surface area contributed by atoms with E-state index in [2.05, 4.69) is 20.5 Å². The molecule has 7 nitrogen and oxygen atoms in total. The lowest BCUT2D eigenvalue weighted by Gasteiger charge is -2.21. The van der Waals surface area contributed by atoms with E-state index in [9.17, 15) is 13.2 Å². The molecule has 1 aromatic rings. The molecule has 31 heavy (non-hydrogen) atoms. The number of likely N-dealkylation sites (tertiary alicyclic amines) is 1. The molecule has 1 saturated heterocycles. The van der Waals surface area contributed by atoms with Gasteiger partial charge in [0.2, 0.25) is 0 Å². The zero-order chi connectivity index (χ0) is 22.1. The summed E-state index contributed by atoms with van der Waals surface area (Å²) in [4.78, 5) is 7.75. The van der Waals surface area contributed by atoms with Crippen LogP contribution in [0.3, 0.4) is 0 Å². The van der Waals surface area contributed by atoms with Crippen LogP contribution in [-0.2, 0) is 6.54 Å². The zero-order valence-corrected chi connectivity index (χ0v) is 20.8. The van der Waals surface area contributed by atoms with E-state index in [1.54, 1.807) is 21.3 Å². The third kappa shape index (κ3) is 10.1. The maximum atomic E-state index is 12.4. The van der Waals surface area contributed by atoms with Gasteiger partial charge in [0.15, 0.2) is 5.96 Å². The van der Waals surface area contributed by atoms with Crippen molar-refractivity contribution in [2.45, 2.75) is 25.2 Å². The topological polar surface area (TPSA) is 61.4 Å². The first-order valence-corrected chi connectivity index (χ1v) is 9.89. The minimum Gasteiger partial charge on any atom is -0.497 e. The molecule has 0 aromatic heterocycles. The Morgan fingerprint density at radius 2 is 1.87 bits per heavy atom. The largest absolute Gasteiger partial charge is 0.497 e. The van der Waals surface area contributed by atoms with Crippen molar-refractivity contribution in [2.75, 3.05) is 61.0 Å². The Morgan fingerprint density at radius 3 is 2.42 bits per heavy atom. The first-order chi connectivity index (χ1) is 14.2. The van der Waals surface area contributed by atoms with Crippen molar-refractivity contribution in [2.24, 2.45) is 4.99 Å². The second-order valence-electron chi connectivity index (χ2n) is 7.44. The molecule has 0 aliphatic carbocycles. The molecule has 0 bridgehead atoms. The van der Waals surface area contributed by atoms with Crippen LogP contribution in [-0.4, -0.2) is 89.0 Å². The van der Waals surface area contributed by atoms with Crippen molar-refractivity contribution >= 4 is 29.9 Å². The van der Waals surface area contributed by atoms with Gasteiger partial charge in [0.25, 0.3) is 0 Å². The van der Waals surface area contributed by atoms with Crippen LogP contribution < -0.4 is 20.1 Å². The third-order valence-corrected chi connectivity index (χ3v) is 4.89. The highest BCUT2D eigenvalue weighted by atomic mass is 127. The van der Waals surface area contributed by atoms with E-state index in [1.165, 1.54) is 11.9 Å². The lowest BCUT2D eigenvalue weighted by atomic mass is 10.2. The molecule has 0 spiro atoms. The fourth-order valence-electron chi connectivity index (χ4n) is 3.45. The minimum atomic E-state index is -4.19. The molecular formula is C20H33F3IN5O2. The highest BCUT2D eigenvalue weighted by molar-refractivity contribution is 14.0. The monoisotopic (exact) mass is 559 g/mol. The fraction of sp³-hybridized carbons (Fsp3) is 0.650. The number of guanidine groups is 1. The van der Waals surface area contributed by atoms with Crippen LogP contribution in [0.4, 0.5) is 13.2 Å². The van der Waals surface area contributed by atoms with Gasteiger partial charge in [0, 0.05) is 51.9 Å². The summed E-state index contributed by atoms with van der Waals surface area (Å²) in [6.07, 6.45) is -3.23. The average molecular weight is 559 g/mol. The number of rotatable bonds is 9. The van der Waals surface area contributed by atoms with Crippen LogP contribution in [0.25, 0.3) is 0 Å². The van der Waals surface area contributed by atoms with Crippen molar-refractivity contribution in [1.29, 1.82) is 0 Å². The van der Waals surface area contributed by atoms with E-state index in [0.717, 1.165) is 43.1 Å². The third-order valence-electron chi connectivity index (χ3n) is 4.89. The Morgan fingerprint density at radius 1 is 1.23 bits per heavy atom. The molecule has 0 radical (unpaired) electrons. The molecule has 1 aliphatic rings. The second-order valence-corrected chi connectivity index (χ2v) is 7.44. The van der Waals surface area contributed by atoms with E-state index in [4.69, 9.17) is 9.47 Å². The number of alkyl halides is 3. The van der Waals surface area contributed by atoms with Gasteiger partial charge in [-0.25, -0.2) is 0 Å². The van der Waals surface area contributed by atoms with Crippen molar-refractivity contribution in [1.82, 2.24) is 20.4 Å². The highest BCUT2D eigenvalue weighted by Gasteiger charge is 2.29.